The third-order valence-corrected chi connectivity index (χ3v) is 6.75. The average molecular weight is 490 g/mol. The highest BCUT2D eigenvalue weighted by molar-refractivity contribution is 5.94. The van der Waals surface area contributed by atoms with E-state index in [4.69, 9.17) is 10.7 Å². The molecule has 2 aliphatic rings. The number of carbonyl (C=O) groups is 1. The van der Waals surface area contributed by atoms with Crippen LogP contribution in [0.4, 0.5) is 11.4 Å². The minimum Gasteiger partial charge on any atom is -0.386 e. The topological polar surface area (TPSA) is 99.2 Å². The summed E-state index contributed by atoms with van der Waals surface area (Å²) < 4.78 is 0. The molecule has 1 aromatic carbocycles. The SMILES string of the molecule is CCCCC1=NCC(N)=Nc2cccnc2CN1CCCCNC(=O)c1ccc(N2CCCC2)cc1. The molecule has 0 radical (unpaired) electrons. The number of nitrogens with two attached hydrogens (primary N) is 1. The lowest BCUT2D eigenvalue weighted by atomic mass is 10.1. The van der Waals surface area contributed by atoms with Gasteiger partial charge >= 0.3 is 0 Å². The van der Waals surface area contributed by atoms with Crippen molar-refractivity contribution in [3.8, 4) is 0 Å². The van der Waals surface area contributed by atoms with Gasteiger partial charge in [0.15, 0.2) is 0 Å². The quantitative estimate of drug-likeness (QED) is 0.485. The van der Waals surface area contributed by atoms with Crippen LogP contribution in [-0.4, -0.2) is 60.2 Å². The zero-order valence-corrected chi connectivity index (χ0v) is 21.5. The minimum absolute atomic E-state index is 0.0123. The van der Waals surface area contributed by atoms with Crippen LogP contribution in [0.25, 0.3) is 0 Å². The Bertz CT molecular complexity index is 1060. The van der Waals surface area contributed by atoms with Crippen molar-refractivity contribution in [2.75, 3.05) is 37.6 Å². The van der Waals surface area contributed by atoms with Gasteiger partial charge in [-0.05, 0) is 68.5 Å². The van der Waals surface area contributed by atoms with E-state index in [-0.39, 0.29) is 5.91 Å². The summed E-state index contributed by atoms with van der Waals surface area (Å²) in [5, 5.41) is 3.08. The maximum absolute atomic E-state index is 12.6. The number of benzene rings is 1. The fourth-order valence-electron chi connectivity index (χ4n) is 4.70. The normalized spacial score (nSPS) is 15.9. The van der Waals surface area contributed by atoms with Gasteiger partial charge in [0.2, 0.25) is 0 Å². The molecule has 1 fully saturated rings. The van der Waals surface area contributed by atoms with Gasteiger partial charge in [-0.2, -0.15) is 0 Å². The molecule has 1 aromatic heterocycles. The number of fused-ring (bicyclic) bond motifs is 1. The number of amides is 1. The summed E-state index contributed by atoms with van der Waals surface area (Å²) >= 11 is 0. The van der Waals surface area contributed by atoms with E-state index in [1.807, 2.05) is 24.3 Å². The van der Waals surface area contributed by atoms with E-state index in [9.17, 15) is 4.79 Å². The number of aliphatic imine (C=N–C) groups is 2. The largest absolute Gasteiger partial charge is 0.386 e. The van der Waals surface area contributed by atoms with Crippen LogP contribution in [0.3, 0.4) is 0 Å². The van der Waals surface area contributed by atoms with Gasteiger partial charge in [0.25, 0.3) is 5.91 Å². The number of anilines is 1. The maximum Gasteiger partial charge on any atom is 0.251 e. The molecule has 0 atom stereocenters. The number of rotatable bonds is 10. The second-order valence-corrected chi connectivity index (χ2v) is 9.53. The smallest absolute Gasteiger partial charge is 0.251 e. The van der Waals surface area contributed by atoms with Crippen LogP contribution in [0, 0.1) is 0 Å². The predicted octanol–water partition coefficient (Wildman–Crippen LogP) is 4.29. The first-order valence-electron chi connectivity index (χ1n) is 13.3. The van der Waals surface area contributed by atoms with Crippen molar-refractivity contribution < 1.29 is 4.79 Å². The van der Waals surface area contributed by atoms with Crippen LogP contribution in [0.1, 0.15) is 67.9 Å². The van der Waals surface area contributed by atoms with Gasteiger partial charge < -0.3 is 20.9 Å². The summed E-state index contributed by atoms with van der Waals surface area (Å²) in [4.78, 5) is 31.2. The zero-order valence-electron chi connectivity index (χ0n) is 21.5. The average Bonchev–Trinajstić information content (AvgIpc) is 3.45. The molecule has 2 aromatic rings. The molecule has 8 heteroatoms. The monoisotopic (exact) mass is 489 g/mol. The molecule has 1 saturated heterocycles. The molecule has 0 unspecified atom stereocenters. The van der Waals surface area contributed by atoms with Crippen LogP contribution in [-0.2, 0) is 6.54 Å². The summed E-state index contributed by atoms with van der Waals surface area (Å²) in [6, 6.07) is 11.8. The molecule has 3 heterocycles. The van der Waals surface area contributed by atoms with Crippen LogP contribution >= 0.6 is 0 Å². The van der Waals surface area contributed by atoms with Crippen LogP contribution in [0.15, 0.2) is 52.6 Å². The van der Waals surface area contributed by atoms with Crippen molar-refractivity contribution in [3.05, 3.63) is 53.9 Å². The molecule has 192 valence electrons. The first-order chi connectivity index (χ1) is 17.6. The Kier molecular flexibility index (Phi) is 9.30. The van der Waals surface area contributed by atoms with Crippen molar-refractivity contribution in [2.24, 2.45) is 15.7 Å². The summed E-state index contributed by atoms with van der Waals surface area (Å²) in [6.45, 7) is 6.95. The summed E-state index contributed by atoms with van der Waals surface area (Å²) in [7, 11) is 0. The number of hydrogen-bond donors (Lipinski definition) is 2. The Labute approximate surface area is 214 Å². The Morgan fingerprint density at radius 1 is 1.08 bits per heavy atom. The number of carbonyl (C=O) groups excluding carboxylic acids is 1. The molecular weight excluding hydrogens is 450 g/mol. The maximum atomic E-state index is 12.6. The predicted molar refractivity (Wildman–Crippen MR) is 147 cm³/mol. The van der Waals surface area contributed by atoms with Gasteiger partial charge in [0.1, 0.15) is 5.84 Å². The fourth-order valence-corrected chi connectivity index (χ4v) is 4.70. The number of pyridine rings is 1. The third kappa shape index (κ3) is 7.06. The van der Waals surface area contributed by atoms with Gasteiger partial charge in [-0.25, -0.2) is 4.99 Å². The van der Waals surface area contributed by atoms with E-state index in [2.05, 4.69) is 44.1 Å². The second kappa shape index (κ2) is 13.0. The van der Waals surface area contributed by atoms with E-state index in [0.29, 0.717) is 31.0 Å². The van der Waals surface area contributed by atoms with E-state index in [1.165, 1.54) is 18.5 Å². The molecule has 3 N–H and O–H groups in total. The van der Waals surface area contributed by atoms with E-state index < -0.39 is 0 Å². The Balaban J connectivity index is 1.30. The van der Waals surface area contributed by atoms with E-state index in [1.54, 1.807) is 6.20 Å². The molecule has 0 aliphatic carbocycles. The Morgan fingerprint density at radius 3 is 2.67 bits per heavy atom. The molecule has 0 bridgehead atoms. The molecule has 2 aliphatic heterocycles. The number of amidine groups is 2. The van der Waals surface area contributed by atoms with Gasteiger partial charge in [-0.15, -0.1) is 0 Å². The highest BCUT2D eigenvalue weighted by atomic mass is 16.1. The van der Waals surface area contributed by atoms with E-state index >= 15 is 0 Å². The lowest BCUT2D eigenvalue weighted by molar-refractivity contribution is 0.0952. The summed E-state index contributed by atoms with van der Waals surface area (Å²) in [6.07, 6.45) is 9.23. The van der Waals surface area contributed by atoms with Crippen molar-refractivity contribution in [1.82, 2.24) is 15.2 Å². The molecule has 0 saturated carbocycles. The highest BCUT2D eigenvalue weighted by Gasteiger charge is 2.17. The minimum atomic E-state index is -0.0123. The summed E-state index contributed by atoms with van der Waals surface area (Å²) in [5.74, 6) is 1.56. The molecule has 8 nitrogen and oxygen atoms in total. The van der Waals surface area contributed by atoms with Crippen molar-refractivity contribution in [2.45, 2.75) is 58.4 Å². The molecule has 0 spiro atoms. The lowest BCUT2D eigenvalue weighted by Crippen LogP contribution is -2.33. The van der Waals surface area contributed by atoms with Crippen molar-refractivity contribution in [3.63, 3.8) is 0 Å². The van der Waals surface area contributed by atoms with E-state index in [0.717, 1.165) is 69.0 Å². The van der Waals surface area contributed by atoms with Gasteiger partial charge in [0, 0.05) is 50.0 Å². The highest BCUT2D eigenvalue weighted by Crippen LogP contribution is 2.22. The first-order valence-corrected chi connectivity index (χ1v) is 13.3. The van der Waals surface area contributed by atoms with Gasteiger partial charge in [-0.1, -0.05) is 13.3 Å². The second-order valence-electron chi connectivity index (χ2n) is 9.53. The Hall–Kier alpha value is -3.42. The third-order valence-electron chi connectivity index (χ3n) is 6.75. The standard InChI is InChI=1S/C28H39N7O/c1-2-3-10-27-32-20-26(29)33-24-9-8-16-30-25(24)21-35(27)19-5-4-15-31-28(36)22-11-13-23(14-12-22)34-17-6-7-18-34/h8-9,11-14,16H,2-7,10,15,17-21H2,1H3,(H2,29,33)(H,31,36). The summed E-state index contributed by atoms with van der Waals surface area (Å²) in [5.41, 5.74) is 9.78. The van der Waals surface area contributed by atoms with Crippen LogP contribution < -0.4 is 16.0 Å². The molecule has 36 heavy (non-hydrogen) atoms. The zero-order chi connectivity index (χ0) is 25.2. The fraction of sp³-hybridized carbons (Fsp3) is 0.500. The number of unbranched alkanes of at least 4 members (excludes halogenated alkanes) is 2. The first kappa shape index (κ1) is 25.7. The van der Waals surface area contributed by atoms with Crippen LogP contribution in [0.2, 0.25) is 0 Å². The number of nitrogens with one attached hydrogen (secondary N) is 1. The molecule has 1 amide bonds. The number of hydrogen-bond acceptors (Lipinski definition) is 7. The number of aromatic nitrogens is 1. The molecule has 4 rings (SSSR count). The van der Waals surface area contributed by atoms with Crippen LogP contribution in [0.5, 0.6) is 0 Å². The Morgan fingerprint density at radius 2 is 1.89 bits per heavy atom. The van der Waals surface area contributed by atoms with Crippen molar-refractivity contribution in [1.29, 1.82) is 0 Å². The number of nitrogens with zero attached hydrogens (tertiary/aromatic N) is 5. The lowest BCUT2D eigenvalue weighted by Gasteiger charge is -2.26. The van der Waals surface area contributed by atoms with Gasteiger partial charge in [-0.3, -0.25) is 14.8 Å². The van der Waals surface area contributed by atoms with Crippen molar-refractivity contribution >= 4 is 29.0 Å². The van der Waals surface area contributed by atoms with Gasteiger partial charge in [0.05, 0.1) is 30.3 Å². The molecular formula is C28H39N7O.